The van der Waals surface area contributed by atoms with Crippen LogP contribution in [0.1, 0.15) is 11.1 Å². The number of hydrogen-bond acceptors (Lipinski definition) is 5. The molecule has 0 atom stereocenters. The van der Waals surface area contributed by atoms with Crippen molar-refractivity contribution in [2.24, 2.45) is 0 Å². The van der Waals surface area contributed by atoms with Crippen LogP contribution in [0.25, 0.3) is 11.0 Å². The molecule has 8 nitrogen and oxygen atoms in total. The minimum absolute atomic E-state index is 0.0432. The van der Waals surface area contributed by atoms with Crippen molar-refractivity contribution in [2.45, 2.75) is 20.0 Å². The number of nitrogens with one attached hydrogen (secondary N) is 1. The second-order valence-electron chi connectivity index (χ2n) is 7.49. The number of rotatable bonds is 6. The molecule has 0 unspecified atom stereocenters. The van der Waals surface area contributed by atoms with Gasteiger partial charge in [-0.2, -0.15) is 0 Å². The average molecular weight is 465 g/mol. The molecule has 4 rings (SSSR count). The number of hydrogen-bond donors (Lipinski definition) is 1. The van der Waals surface area contributed by atoms with E-state index in [4.69, 9.17) is 16.3 Å². The second kappa shape index (κ2) is 9.30. The summed E-state index contributed by atoms with van der Waals surface area (Å²) in [5.74, 6) is 0.225. The third-order valence-electron chi connectivity index (χ3n) is 5.25. The molecule has 33 heavy (non-hydrogen) atoms. The highest BCUT2D eigenvalue weighted by Gasteiger charge is 2.17. The lowest BCUT2D eigenvalue weighted by Crippen LogP contribution is -2.42. The molecule has 0 saturated heterocycles. The van der Waals surface area contributed by atoms with Crippen molar-refractivity contribution in [3.8, 4) is 5.75 Å². The Morgan fingerprint density at radius 2 is 1.85 bits per heavy atom. The zero-order chi connectivity index (χ0) is 23.5. The lowest BCUT2D eigenvalue weighted by molar-refractivity contribution is -0.116. The third kappa shape index (κ3) is 4.65. The number of anilines is 1. The van der Waals surface area contributed by atoms with E-state index in [1.807, 2.05) is 6.92 Å². The normalized spacial score (nSPS) is 10.9. The first kappa shape index (κ1) is 22.3. The van der Waals surface area contributed by atoms with Crippen LogP contribution in [0, 0.1) is 6.92 Å². The predicted molar refractivity (Wildman–Crippen MR) is 127 cm³/mol. The maximum Gasteiger partial charge on any atom is 0.333 e. The predicted octanol–water partition coefficient (Wildman–Crippen LogP) is 3.22. The Hall–Kier alpha value is -3.91. The summed E-state index contributed by atoms with van der Waals surface area (Å²) >= 11 is 6.04. The van der Waals surface area contributed by atoms with Crippen molar-refractivity contribution < 1.29 is 9.53 Å². The Morgan fingerprint density at radius 1 is 1.09 bits per heavy atom. The highest BCUT2D eigenvalue weighted by molar-refractivity contribution is 6.31. The maximum atomic E-state index is 13.3. The van der Waals surface area contributed by atoms with Crippen LogP contribution < -0.4 is 21.3 Å². The van der Waals surface area contributed by atoms with Crippen molar-refractivity contribution in [1.29, 1.82) is 0 Å². The molecule has 0 bridgehead atoms. The van der Waals surface area contributed by atoms with Crippen LogP contribution in [-0.2, 0) is 17.9 Å². The summed E-state index contributed by atoms with van der Waals surface area (Å²) in [5.41, 5.74) is 1.17. The van der Waals surface area contributed by atoms with Gasteiger partial charge in [-0.25, -0.2) is 9.78 Å². The van der Waals surface area contributed by atoms with Gasteiger partial charge in [-0.3, -0.25) is 18.7 Å². The monoisotopic (exact) mass is 464 g/mol. The number of nitrogens with zero attached hydrogens (tertiary/aromatic N) is 3. The molecular formula is C24H21ClN4O4. The SMILES string of the molecule is COc1ccc(Cn2c(=O)c3cccnc3n(CC(=O)Nc3cc(Cl)ccc3C)c2=O)cc1. The van der Waals surface area contributed by atoms with E-state index < -0.39 is 17.2 Å². The molecule has 0 spiro atoms. The van der Waals surface area contributed by atoms with Gasteiger partial charge in [0.15, 0.2) is 0 Å². The van der Waals surface area contributed by atoms with Gasteiger partial charge in [-0.15, -0.1) is 0 Å². The number of carbonyl (C=O) groups is 1. The van der Waals surface area contributed by atoms with Crippen LogP contribution >= 0.6 is 11.6 Å². The Labute approximate surface area is 194 Å². The topological polar surface area (TPSA) is 95.2 Å². The minimum atomic E-state index is -0.625. The summed E-state index contributed by atoms with van der Waals surface area (Å²) in [5, 5.41) is 3.50. The molecule has 2 aromatic carbocycles. The maximum absolute atomic E-state index is 13.3. The molecule has 0 radical (unpaired) electrons. The first-order chi connectivity index (χ1) is 15.9. The van der Waals surface area contributed by atoms with Gasteiger partial charge in [0.05, 0.1) is 19.0 Å². The Kier molecular flexibility index (Phi) is 6.28. The summed E-state index contributed by atoms with van der Waals surface area (Å²) in [7, 11) is 1.56. The van der Waals surface area contributed by atoms with Gasteiger partial charge >= 0.3 is 5.69 Å². The van der Waals surface area contributed by atoms with E-state index in [1.54, 1.807) is 61.7 Å². The summed E-state index contributed by atoms with van der Waals surface area (Å²) in [4.78, 5) is 43.4. The first-order valence-corrected chi connectivity index (χ1v) is 10.5. The largest absolute Gasteiger partial charge is 0.497 e. The lowest BCUT2D eigenvalue weighted by Gasteiger charge is -2.14. The van der Waals surface area contributed by atoms with Gasteiger partial charge in [0, 0.05) is 16.9 Å². The molecule has 0 aliphatic rings. The molecule has 4 aromatic rings. The number of amides is 1. The molecule has 0 fully saturated rings. The van der Waals surface area contributed by atoms with Gasteiger partial charge in [-0.1, -0.05) is 29.8 Å². The van der Waals surface area contributed by atoms with Crippen LogP contribution in [0.3, 0.4) is 0 Å². The molecule has 0 saturated carbocycles. The van der Waals surface area contributed by atoms with Crippen LogP contribution in [0.15, 0.2) is 70.4 Å². The highest BCUT2D eigenvalue weighted by Crippen LogP contribution is 2.20. The molecule has 2 aromatic heterocycles. The van der Waals surface area contributed by atoms with Crippen LogP contribution in [-0.4, -0.2) is 27.1 Å². The molecular weight excluding hydrogens is 444 g/mol. The van der Waals surface area contributed by atoms with Crippen molar-refractivity contribution in [3.05, 3.63) is 97.8 Å². The van der Waals surface area contributed by atoms with Crippen molar-refractivity contribution in [2.75, 3.05) is 12.4 Å². The van der Waals surface area contributed by atoms with Gasteiger partial charge in [-0.05, 0) is 54.4 Å². The van der Waals surface area contributed by atoms with E-state index in [9.17, 15) is 14.4 Å². The van der Waals surface area contributed by atoms with E-state index in [2.05, 4.69) is 10.3 Å². The zero-order valence-electron chi connectivity index (χ0n) is 18.0. The smallest absolute Gasteiger partial charge is 0.333 e. The van der Waals surface area contributed by atoms with Gasteiger partial charge in [0.2, 0.25) is 5.91 Å². The number of methoxy groups -OCH3 is 1. The number of fused-ring (bicyclic) bond motifs is 1. The number of aromatic nitrogens is 3. The van der Waals surface area contributed by atoms with Crippen molar-refractivity contribution in [1.82, 2.24) is 14.1 Å². The summed E-state index contributed by atoms with van der Waals surface area (Å²) in [6, 6.07) is 15.4. The Morgan fingerprint density at radius 3 is 2.58 bits per heavy atom. The standard InChI is InChI=1S/C24H21ClN4O4/c1-15-5-8-17(25)12-20(15)27-21(30)14-28-22-19(4-3-11-26-22)23(31)29(24(28)32)13-16-6-9-18(33-2)10-7-16/h3-12H,13-14H2,1-2H3,(H,27,30). The quantitative estimate of drug-likeness (QED) is 0.472. The molecule has 0 aliphatic heterocycles. The lowest BCUT2D eigenvalue weighted by atomic mass is 10.2. The fourth-order valence-electron chi connectivity index (χ4n) is 3.51. The van der Waals surface area contributed by atoms with Crippen LogP contribution in [0.5, 0.6) is 5.75 Å². The average Bonchev–Trinajstić information content (AvgIpc) is 2.82. The zero-order valence-corrected chi connectivity index (χ0v) is 18.8. The van der Waals surface area contributed by atoms with Gasteiger partial charge < -0.3 is 10.1 Å². The summed E-state index contributed by atoms with van der Waals surface area (Å²) < 4.78 is 7.46. The van der Waals surface area contributed by atoms with Gasteiger partial charge in [0.25, 0.3) is 5.56 Å². The molecule has 2 heterocycles. The van der Waals surface area contributed by atoms with E-state index in [0.29, 0.717) is 16.5 Å². The van der Waals surface area contributed by atoms with Crippen LogP contribution in [0.2, 0.25) is 5.02 Å². The number of aryl methyl sites for hydroxylation is 1. The number of halogens is 1. The van der Waals surface area contributed by atoms with Crippen molar-refractivity contribution >= 4 is 34.2 Å². The van der Waals surface area contributed by atoms with E-state index in [0.717, 1.165) is 15.7 Å². The Balaban J connectivity index is 1.74. The number of ether oxygens (including phenoxy) is 1. The Bertz CT molecular complexity index is 1460. The van der Waals surface area contributed by atoms with E-state index in [1.165, 1.54) is 10.8 Å². The molecule has 0 aliphatic carbocycles. The second-order valence-corrected chi connectivity index (χ2v) is 7.93. The van der Waals surface area contributed by atoms with Crippen LogP contribution in [0.4, 0.5) is 5.69 Å². The van der Waals surface area contributed by atoms with E-state index in [-0.39, 0.29) is 24.1 Å². The third-order valence-corrected chi connectivity index (χ3v) is 5.49. The molecule has 9 heteroatoms. The van der Waals surface area contributed by atoms with Crippen molar-refractivity contribution in [3.63, 3.8) is 0 Å². The molecule has 1 amide bonds. The summed E-state index contributed by atoms with van der Waals surface area (Å²) in [6.45, 7) is 1.56. The number of pyridine rings is 1. The van der Waals surface area contributed by atoms with E-state index >= 15 is 0 Å². The molecule has 168 valence electrons. The summed E-state index contributed by atoms with van der Waals surface area (Å²) in [6.07, 6.45) is 1.48. The minimum Gasteiger partial charge on any atom is -0.497 e. The number of benzene rings is 2. The first-order valence-electron chi connectivity index (χ1n) is 10.1. The fourth-order valence-corrected chi connectivity index (χ4v) is 3.68. The highest BCUT2D eigenvalue weighted by atomic mass is 35.5. The van der Waals surface area contributed by atoms with Gasteiger partial charge in [0.1, 0.15) is 17.9 Å². The number of carbonyl (C=O) groups excluding carboxylic acids is 1. The fraction of sp³-hybridized carbons (Fsp3) is 0.167. The molecule has 1 N–H and O–H groups in total.